The molecule has 0 amide bonds. The zero-order valence-electron chi connectivity index (χ0n) is 12.8. The van der Waals surface area contributed by atoms with E-state index in [9.17, 15) is 0 Å². The molecule has 1 aromatic carbocycles. The third kappa shape index (κ3) is 4.11. The van der Waals surface area contributed by atoms with Crippen LogP contribution in [-0.4, -0.2) is 25.2 Å². The van der Waals surface area contributed by atoms with Crippen molar-refractivity contribution in [2.24, 2.45) is 5.92 Å². The van der Waals surface area contributed by atoms with Crippen LogP contribution in [0.1, 0.15) is 19.5 Å². The van der Waals surface area contributed by atoms with Crippen LogP contribution in [0.25, 0.3) is 11.5 Å². The van der Waals surface area contributed by atoms with Crippen LogP contribution < -0.4 is 0 Å². The molecular weight excluding hydrogens is 334 g/mol. The zero-order valence-corrected chi connectivity index (χ0v) is 14.4. The lowest BCUT2D eigenvalue weighted by atomic mass is 10.2. The Labute approximate surface area is 143 Å². The van der Waals surface area contributed by atoms with Crippen molar-refractivity contribution in [2.45, 2.75) is 31.3 Å². The number of thioether (sulfide) groups is 1. The summed E-state index contributed by atoms with van der Waals surface area (Å²) in [7, 11) is 0. The molecule has 23 heavy (non-hydrogen) atoms. The summed E-state index contributed by atoms with van der Waals surface area (Å²) in [6.45, 7) is 5.06. The van der Waals surface area contributed by atoms with Gasteiger partial charge in [0.1, 0.15) is 6.26 Å². The molecule has 8 heteroatoms. The fourth-order valence-corrected chi connectivity index (χ4v) is 2.89. The highest BCUT2D eigenvalue weighted by Crippen LogP contribution is 2.24. The van der Waals surface area contributed by atoms with E-state index in [0.29, 0.717) is 22.6 Å². The SMILES string of the molecule is CC(C)Cn1nnnc1SCc1coc(-c2ccc(Cl)cc2)n1. The van der Waals surface area contributed by atoms with Gasteiger partial charge in [0.15, 0.2) is 0 Å². The van der Waals surface area contributed by atoms with Crippen molar-refractivity contribution in [3.63, 3.8) is 0 Å². The van der Waals surface area contributed by atoms with E-state index in [1.807, 2.05) is 28.9 Å². The molecule has 0 spiro atoms. The molecule has 0 unspecified atom stereocenters. The second-order valence-electron chi connectivity index (χ2n) is 5.48. The first-order chi connectivity index (χ1) is 11.1. The molecule has 0 N–H and O–H groups in total. The molecule has 0 aliphatic carbocycles. The predicted molar refractivity (Wildman–Crippen MR) is 89.2 cm³/mol. The first kappa shape index (κ1) is 16.0. The third-order valence-corrected chi connectivity index (χ3v) is 4.27. The van der Waals surface area contributed by atoms with Gasteiger partial charge in [0, 0.05) is 22.9 Å². The zero-order chi connectivity index (χ0) is 16.2. The largest absolute Gasteiger partial charge is 0.444 e. The molecule has 0 radical (unpaired) electrons. The second kappa shape index (κ2) is 7.14. The van der Waals surface area contributed by atoms with E-state index in [-0.39, 0.29) is 0 Å². The van der Waals surface area contributed by atoms with Gasteiger partial charge in [-0.3, -0.25) is 0 Å². The smallest absolute Gasteiger partial charge is 0.226 e. The summed E-state index contributed by atoms with van der Waals surface area (Å²) in [6, 6.07) is 7.40. The van der Waals surface area contributed by atoms with Crippen molar-refractivity contribution < 1.29 is 4.42 Å². The molecule has 0 bridgehead atoms. The standard InChI is InChI=1S/C15H16ClN5OS/c1-10(2)7-21-15(18-19-20-21)23-9-13-8-22-14(17-13)11-3-5-12(16)6-4-11/h3-6,8,10H,7,9H2,1-2H3. The van der Waals surface area contributed by atoms with Crippen molar-refractivity contribution in [1.29, 1.82) is 0 Å². The van der Waals surface area contributed by atoms with E-state index in [4.69, 9.17) is 16.0 Å². The van der Waals surface area contributed by atoms with Crippen LogP contribution in [0.3, 0.4) is 0 Å². The van der Waals surface area contributed by atoms with E-state index in [0.717, 1.165) is 23.0 Å². The first-order valence-corrected chi connectivity index (χ1v) is 8.57. The molecule has 0 aliphatic heterocycles. The van der Waals surface area contributed by atoms with Crippen molar-refractivity contribution in [1.82, 2.24) is 25.2 Å². The molecule has 120 valence electrons. The number of hydrogen-bond donors (Lipinski definition) is 0. The van der Waals surface area contributed by atoms with Gasteiger partial charge in [0.2, 0.25) is 11.0 Å². The maximum Gasteiger partial charge on any atom is 0.226 e. The van der Waals surface area contributed by atoms with E-state index < -0.39 is 0 Å². The van der Waals surface area contributed by atoms with E-state index in [1.165, 1.54) is 0 Å². The number of benzene rings is 1. The molecule has 3 rings (SSSR count). The average molecular weight is 350 g/mol. The van der Waals surface area contributed by atoms with Crippen LogP contribution >= 0.6 is 23.4 Å². The lowest BCUT2D eigenvalue weighted by Crippen LogP contribution is -2.07. The molecule has 0 saturated heterocycles. The maximum atomic E-state index is 5.89. The molecular formula is C15H16ClN5OS. The van der Waals surface area contributed by atoms with Gasteiger partial charge in [-0.1, -0.05) is 37.2 Å². The quantitative estimate of drug-likeness (QED) is 0.628. The van der Waals surface area contributed by atoms with Crippen LogP contribution in [0.2, 0.25) is 5.02 Å². The molecule has 0 fully saturated rings. The summed E-state index contributed by atoms with van der Waals surface area (Å²) in [4.78, 5) is 4.49. The van der Waals surface area contributed by atoms with E-state index in [2.05, 4.69) is 34.4 Å². The Bertz CT molecular complexity index is 768. The highest BCUT2D eigenvalue weighted by Gasteiger charge is 2.11. The number of tetrazole rings is 1. The fourth-order valence-electron chi connectivity index (χ4n) is 2.00. The minimum atomic E-state index is 0.487. The molecule has 0 aliphatic rings. The number of nitrogens with zero attached hydrogens (tertiary/aromatic N) is 5. The highest BCUT2D eigenvalue weighted by atomic mass is 35.5. The van der Waals surface area contributed by atoms with Gasteiger partial charge >= 0.3 is 0 Å². The van der Waals surface area contributed by atoms with Crippen LogP contribution in [0.15, 0.2) is 40.1 Å². The molecule has 2 aromatic heterocycles. The highest BCUT2D eigenvalue weighted by molar-refractivity contribution is 7.98. The normalized spacial score (nSPS) is 11.3. The Hall–Kier alpha value is -1.86. The summed E-state index contributed by atoms with van der Waals surface area (Å²) in [5.41, 5.74) is 1.74. The predicted octanol–water partition coefficient (Wildman–Crippen LogP) is 3.93. The van der Waals surface area contributed by atoms with Gasteiger partial charge in [-0.25, -0.2) is 9.67 Å². The summed E-state index contributed by atoms with van der Waals surface area (Å²) >= 11 is 7.43. The topological polar surface area (TPSA) is 69.6 Å². The van der Waals surface area contributed by atoms with E-state index in [1.54, 1.807) is 18.0 Å². The minimum Gasteiger partial charge on any atom is -0.444 e. The Morgan fingerprint density at radius 1 is 1.26 bits per heavy atom. The van der Waals surface area contributed by atoms with Crippen LogP contribution in [0, 0.1) is 5.92 Å². The first-order valence-electron chi connectivity index (χ1n) is 7.21. The van der Waals surface area contributed by atoms with Crippen LogP contribution in [0.4, 0.5) is 0 Å². The number of oxazole rings is 1. The van der Waals surface area contributed by atoms with Crippen molar-refractivity contribution >= 4 is 23.4 Å². The van der Waals surface area contributed by atoms with Crippen molar-refractivity contribution in [3.05, 3.63) is 41.2 Å². The Morgan fingerprint density at radius 2 is 2.04 bits per heavy atom. The maximum absolute atomic E-state index is 5.89. The minimum absolute atomic E-state index is 0.487. The van der Waals surface area contributed by atoms with Gasteiger partial charge in [0.05, 0.1) is 5.69 Å². The van der Waals surface area contributed by atoms with Gasteiger partial charge < -0.3 is 4.42 Å². The fraction of sp³-hybridized carbons (Fsp3) is 0.333. The Morgan fingerprint density at radius 3 is 2.78 bits per heavy atom. The average Bonchev–Trinajstić information content (AvgIpc) is 3.15. The van der Waals surface area contributed by atoms with Gasteiger partial charge in [-0.2, -0.15) is 0 Å². The molecule has 2 heterocycles. The van der Waals surface area contributed by atoms with Gasteiger partial charge in [-0.05, 0) is 40.6 Å². The summed E-state index contributed by atoms with van der Waals surface area (Å²) in [5.74, 6) is 1.72. The lowest BCUT2D eigenvalue weighted by Gasteiger charge is -2.05. The monoisotopic (exact) mass is 349 g/mol. The number of aromatic nitrogens is 5. The third-order valence-electron chi connectivity index (χ3n) is 3.03. The number of hydrogen-bond acceptors (Lipinski definition) is 6. The Balaban J connectivity index is 1.66. The number of halogens is 1. The summed E-state index contributed by atoms with van der Waals surface area (Å²) in [6.07, 6.45) is 1.66. The Kier molecular flexibility index (Phi) is 4.97. The summed E-state index contributed by atoms with van der Waals surface area (Å²) < 4.78 is 7.34. The molecule has 0 saturated carbocycles. The lowest BCUT2D eigenvalue weighted by molar-refractivity contribution is 0.445. The second-order valence-corrected chi connectivity index (χ2v) is 6.86. The molecule has 3 aromatic rings. The van der Waals surface area contributed by atoms with Crippen molar-refractivity contribution in [3.8, 4) is 11.5 Å². The van der Waals surface area contributed by atoms with Crippen molar-refractivity contribution in [2.75, 3.05) is 0 Å². The van der Waals surface area contributed by atoms with E-state index >= 15 is 0 Å². The van der Waals surface area contributed by atoms with Crippen LogP contribution in [0.5, 0.6) is 0 Å². The van der Waals surface area contributed by atoms with Crippen LogP contribution in [-0.2, 0) is 12.3 Å². The number of rotatable bonds is 6. The van der Waals surface area contributed by atoms with Gasteiger partial charge in [0.25, 0.3) is 0 Å². The summed E-state index contributed by atoms with van der Waals surface area (Å²) in [5, 5.41) is 13.3. The molecule has 6 nitrogen and oxygen atoms in total. The van der Waals surface area contributed by atoms with Gasteiger partial charge in [-0.15, -0.1) is 5.10 Å². The molecule has 0 atom stereocenters.